The molecule has 2 rings (SSSR count). The lowest BCUT2D eigenvalue weighted by atomic mass is 10.1. The van der Waals surface area contributed by atoms with Gasteiger partial charge in [-0.25, -0.2) is 5.43 Å². The van der Waals surface area contributed by atoms with Crippen molar-refractivity contribution in [1.82, 2.24) is 5.43 Å². The van der Waals surface area contributed by atoms with E-state index in [1.165, 1.54) is 5.56 Å². The van der Waals surface area contributed by atoms with Crippen molar-refractivity contribution in [2.75, 3.05) is 6.61 Å². The third-order valence-corrected chi connectivity index (χ3v) is 4.14. The zero-order valence-corrected chi connectivity index (χ0v) is 15.5. The van der Waals surface area contributed by atoms with Gasteiger partial charge in [0, 0.05) is 0 Å². The third kappa shape index (κ3) is 5.20. The normalized spacial score (nSPS) is 11.2. The van der Waals surface area contributed by atoms with Gasteiger partial charge in [0.15, 0.2) is 6.61 Å². The number of halogens is 1. The first-order chi connectivity index (χ1) is 11.6. The zero-order chi connectivity index (χ0) is 17.4. The number of hydrazone groups is 1. The fourth-order valence-corrected chi connectivity index (χ4v) is 2.71. The van der Waals surface area contributed by atoms with Gasteiger partial charge in [-0.15, -0.1) is 0 Å². The van der Waals surface area contributed by atoms with Crippen LogP contribution in [0.1, 0.15) is 31.4 Å². The fraction of sp³-hybridized carbons (Fsp3) is 0.263. The number of nitrogens with one attached hydrogen (secondary N) is 1. The number of amides is 1. The summed E-state index contributed by atoms with van der Waals surface area (Å²) in [6.45, 7) is 4.01. The Morgan fingerprint density at radius 3 is 2.54 bits per heavy atom. The predicted octanol–water partition coefficient (Wildman–Crippen LogP) is 4.32. The van der Waals surface area contributed by atoms with E-state index in [0.29, 0.717) is 5.75 Å². The molecule has 2 aromatic carbocycles. The Labute approximate surface area is 151 Å². The van der Waals surface area contributed by atoms with Crippen molar-refractivity contribution >= 4 is 27.5 Å². The van der Waals surface area contributed by atoms with Crippen molar-refractivity contribution in [1.29, 1.82) is 0 Å². The molecule has 0 atom stereocenters. The van der Waals surface area contributed by atoms with E-state index < -0.39 is 0 Å². The van der Waals surface area contributed by atoms with Crippen LogP contribution in [0.2, 0.25) is 0 Å². The summed E-state index contributed by atoms with van der Waals surface area (Å²) in [7, 11) is 0. The van der Waals surface area contributed by atoms with Crippen LogP contribution in [0.5, 0.6) is 5.75 Å². The molecular weight excluding hydrogens is 368 g/mol. The molecule has 1 amide bonds. The van der Waals surface area contributed by atoms with Crippen LogP contribution in [0.15, 0.2) is 58.1 Å². The van der Waals surface area contributed by atoms with Crippen LogP contribution in [-0.4, -0.2) is 18.2 Å². The highest BCUT2D eigenvalue weighted by Gasteiger charge is 2.07. The van der Waals surface area contributed by atoms with Gasteiger partial charge in [-0.1, -0.05) is 50.2 Å². The van der Waals surface area contributed by atoms with E-state index in [9.17, 15) is 4.79 Å². The Hall–Kier alpha value is -2.14. The minimum absolute atomic E-state index is 0.0840. The molecule has 126 valence electrons. The predicted molar refractivity (Wildman–Crippen MR) is 100 cm³/mol. The van der Waals surface area contributed by atoms with Crippen LogP contribution in [-0.2, 0) is 11.2 Å². The maximum Gasteiger partial charge on any atom is 0.277 e. The largest absolute Gasteiger partial charge is 0.483 e. The second kappa shape index (κ2) is 9.23. The quantitative estimate of drug-likeness (QED) is 0.566. The molecule has 0 fully saturated rings. The van der Waals surface area contributed by atoms with E-state index in [1.807, 2.05) is 55.5 Å². The molecule has 0 aliphatic rings. The van der Waals surface area contributed by atoms with Crippen LogP contribution in [0, 0.1) is 0 Å². The average Bonchev–Trinajstić information content (AvgIpc) is 2.62. The second-order valence-electron chi connectivity index (χ2n) is 5.22. The van der Waals surface area contributed by atoms with Gasteiger partial charge in [0.1, 0.15) is 5.75 Å². The SMILES string of the molecule is CC/C(=N\NC(=O)COc1ccc(CC)cc1Br)c1ccccc1. The summed E-state index contributed by atoms with van der Waals surface area (Å²) < 4.78 is 6.39. The molecule has 0 bridgehead atoms. The van der Waals surface area contributed by atoms with Crippen LogP contribution < -0.4 is 10.2 Å². The molecule has 4 nitrogen and oxygen atoms in total. The lowest BCUT2D eigenvalue weighted by Gasteiger charge is -2.09. The van der Waals surface area contributed by atoms with Gasteiger partial charge in [-0.2, -0.15) is 5.10 Å². The smallest absolute Gasteiger partial charge is 0.277 e. The van der Waals surface area contributed by atoms with E-state index >= 15 is 0 Å². The number of hydrogen-bond acceptors (Lipinski definition) is 3. The summed E-state index contributed by atoms with van der Waals surface area (Å²) in [4.78, 5) is 11.9. The van der Waals surface area contributed by atoms with Crippen molar-refractivity contribution in [2.24, 2.45) is 5.10 Å². The Kier molecular flexibility index (Phi) is 7.00. The first-order valence-electron chi connectivity index (χ1n) is 7.96. The lowest BCUT2D eigenvalue weighted by molar-refractivity contribution is -0.123. The number of hydrogen-bond donors (Lipinski definition) is 1. The first kappa shape index (κ1) is 18.2. The number of nitrogens with zero attached hydrogens (tertiary/aromatic N) is 1. The van der Waals surface area contributed by atoms with Crippen LogP contribution >= 0.6 is 15.9 Å². The third-order valence-electron chi connectivity index (χ3n) is 3.52. The molecule has 0 aliphatic heterocycles. The molecule has 0 aromatic heterocycles. The van der Waals surface area contributed by atoms with E-state index in [0.717, 1.165) is 28.6 Å². The van der Waals surface area contributed by atoms with Gasteiger partial charge in [0.25, 0.3) is 5.91 Å². The maximum absolute atomic E-state index is 11.9. The zero-order valence-electron chi connectivity index (χ0n) is 13.9. The van der Waals surface area contributed by atoms with E-state index in [4.69, 9.17) is 4.74 Å². The van der Waals surface area contributed by atoms with Crippen molar-refractivity contribution < 1.29 is 9.53 Å². The molecule has 0 spiro atoms. The van der Waals surface area contributed by atoms with Crippen LogP contribution in [0.3, 0.4) is 0 Å². The molecule has 0 saturated carbocycles. The van der Waals surface area contributed by atoms with Gasteiger partial charge in [-0.3, -0.25) is 4.79 Å². The molecule has 0 radical (unpaired) electrons. The summed E-state index contributed by atoms with van der Waals surface area (Å²) in [5.74, 6) is 0.355. The highest BCUT2D eigenvalue weighted by atomic mass is 79.9. The molecule has 24 heavy (non-hydrogen) atoms. The number of carbonyl (C=O) groups excluding carboxylic acids is 1. The van der Waals surface area contributed by atoms with Gasteiger partial charge >= 0.3 is 0 Å². The molecular formula is C19H21BrN2O2. The Bertz CT molecular complexity index is 715. The summed E-state index contributed by atoms with van der Waals surface area (Å²) in [5, 5.41) is 4.20. The maximum atomic E-state index is 11.9. The van der Waals surface area contributed by atoms with Gasteiger partial charge in [0.05, 0.1) is 10.2 Å². The Morgan fingerprint density at radius 1 is 1.17 bits per heavy atom. The minimum Gasteiger partial charge on any atom is -0.483 e. The monoisotopic (exact) mass is 388 g/mol. The Balaban J connectivity index is 1.92. The molecule has 1 N–H and O–H groups in total. The number of benzene rings is 2. The van der Waals surface area contributed by atoms with Crippen molar-refractivity contribution in [2.45, 2.75) is 26.7 Å². The summed E-state index contributed by atoms with van der Waals surface area (Å²) in [6, 6.07) is 15.6. The number of carbonyl (C=O) groups is 1. The topological polar surface area (TPSA) is 50.7 Å². The van der Waals surface area contributed by atoms with Crippen molar-refractivity contribution in [3.8, 4) is 5.75 Å². The first-order valence-corrected chi connectivity index (χ1v) is 8.75. The summed E-state index contributed by atoms with van der Waals surface area (Å²) >= 11 is 3.46. The lowest BCUT2D eigenvalue weighted by Crippen LogP contribution is -2.26. The van der Waals surface area contributed by atoms with Crippen molar-refractivity contribution in [3.63, 3.8) is 0 Å². The molecule has 0 aliphatic carbocycles. The molecule has 0 saturated heterocycles. The molecule has 5 heteroatoms. The van der Waals surface area contributed by atoms with Crippen LogP contribution in [0.25, 0.3) is 0 Å². The van der Waals surface area contributed by atoms with Gasteiger partial charge < -0.3 is 4.74 Å². The fourth-order valence-electron chi connectivity index (χ4n) is 2.16. The van der Waals surface area contributed by atoms with E-state index in [1.54, 1.807) is 0 Å². The number of ether oxygens (including phenoxy) is 1. The Morgan fingerprint density at radius 2 is 1.92 bits per heavy atom. The average molecular weight is 389 g/mol. The summed E-state index contributed by atoms with van der Waals surface area (Å²) in [6.07, 6.45) is 1.68. The molecule has 0 unspecified atom stereocenters. The van der Waals surface area contributed by atoms with E-state index in [-0.39, 0.29) is 12.5 Å². The minimum atomic E-state index is -0.289. The second-order valence-corrected chi connectivity index (χ2v) is 6.07. The highest BCUT2D eigenvalue weighted by Crippen LogP contribution is 2.26. The van der Waals surface area contributed by atoms with E-state index in [2.05, 4.69) is 33.4 Å². The van der Waals surface area contributed by atoms with Crippen molar-refractivity contribution in [3.05, 3.63) is 64.1 Å². The van der Waals surface area contributed by atoms with Gasteiger partial charge in [0.2, 0.25) is 0 Å². The number of rotatable bonds is 7. The molecule has 2 aromatic rings. The standard InChI is InChI=1S/C19H21BrN2O2/c1-3-14-10-11-18(16(20)12-14)24-13-19(23)22-21-17(4-2)15-8-6-5-7-9-15/h5-12H,3-4,13H2,1-2H3,(H,22,23)/b21-17+. The highest BCUT2D eigenvalue weighted by molar-refractivity contribution is 9.10. The number of aryl methyl sites for hydroxylation is 1. The molecule has 0 heterocycles. The van der Waals surface area contributed by atoms with Crippen LogP contribution in [0.4, 0.5) is 0 Å². The van der Waals surface area contributed by atoms with Gasteiger partial charge in [-0.05, 0) is 52.0 Å². The summed E-state index contributed by atoms with van der Waals surface area (Å²) in [5.41, 5.74) is 5.59.